The molecule has 388 valence electrons. The Bertz CT molecular complexity index is 1380. The van der Waals surface area contributed by atoms with Crippen LogP contribution in [-0.4, -0.2) is 148 Å². The average molecular weight is 946 g/mol. The van der Waals surface area contributed by atoms with Gasteiger partial charge in [0.25, 0.3) is 0 Å². The number of esters is 1. The lowest BCUT2D eigenvalue weighted by molar-refractivity contribution is -0.167. The Hall–Kier alpha value is -2.22. The van der Waals surface area contributed by atoms with Crippen LogP contribution in [0.5, 0.6) is 0 Å². The van der Waals surface area contributed by atoms with E-state index in [4.69, 9.17) is 16.2 Å². The van der Waals surface area contributed by atoms with Crippen LogP contribution in [-0.2, 0) is 9.53 Å². The summed E-state index contributed by atoms with van der Waals surface area (Å²) in [5, 5.41) is 119. The predicted octanol–water partition coefficient (Wildman–Crippen LogP) is 3.78. The molecule has 0 aliphatic carbocycles. The number of aliphatic imine (C=N–C) groups is 1. The largest absolute Gasteiger partial charge is 0.461 e. The Morgan fingerprint density at radius 1 is 0.727 bits per heavy atom. The van der Waals surface area contributed by atoms with Gasteiger partial charge in [-0.25, -0.2) is 0 Å². The zero-order valence-corrected chi connectivity index (χ0v) is 41.3. The molecule has 16 unspecified atom stereocenters. The van der Waals surface area contributed by atoms with E-state index in [1.54, 1.807) is 6.92 Å². The first-order chi connectivity index (χ1) is 31.0. The number of carbonyl (C=O) groups is 1. The first kappa shape index (κ1) is 61.8. The van der Waals surface area contributed by atoms with Crippen LogP contribution >= 0.6 is 0 Å². The van der Waals surface area contributed by atoms with E-state index >= 15 is 0 Å². The lowest BCUT2D eigenvalue weighted by Crippen LogP contribution is -2.42. The van der Waals surface area contributed by atoms with E-state index in [1.165, 1.54) is 6.08 Å². The Balaban J connectivity index is 3.37. The van der Waals surface area contributed by atoms with Gasteiger partial charge in [0, 0.05) is 31.2 Å². The van der Waals surface area contributed by atoms with Gasteiger partial charge in [-0.1, -0.05) is 77.5 Å². The second-order valence-electron chi connectivity index (χ2n) is 19.9. The molecule has 0 saturated carbocycles. The van der Waals surface area contributed by atoms with Crippen molar-refractivity contribution in [2.75, 3.05) is 6.54 Å². The summed E-state index contributed by atoms with van der Waals surface area (Å²) in [5.74, 6) is -2.55. The van der Waals surface area contributed by atoms with Crippen molar-refractivity contribution >= 4 is 11.9 Å². The molecule has 0 bridgehead atoms. The van der Waals surface area contributed by atoms with E-state index in [2.05, 4.69) is 11.9 Å². The highest BCUT2D eigenvalue weighted by molar-refractivity contribution is 5.75. The van der Waals surface area contributed by atoms with Crippen molar-refractivity contribution in [2.45, 2.75) is 250 Å². The number of allylic oxidation sites excluding steroid dienone is 1. The minimum atomic E-state index is -1.44. The monoisotopic (exact) mass is 946 g/mol. The second kappa shape index (κ2) is 34.1. The van der Waals surface area contributed by atoms with Crippen LogP contribution in [0.15, 0.2) is 28.3 Å². The third-order valence-corrected chi connectivity index (χ3v) is 13.4. The number of aliphatic hydroxyl groups excluding tert-OH is 11. The summed E-state index contributed by atoms with van der Waals surface area (Å²) in [4.78, 5) is 18.3. The average Bonchev–Trinajstić information content (AvgIpc) is 3.23. The lowest BCUT2D eigenvalue weighted by atomic mass is 9.83. The number of rotatable bonds is 11. The summed E-state index contributed by atoms with van der Waals surface area (Å²) in [7, 11) is 0. The van der Waals surface area contributed by atoms with Crippen molar-refractivity contribution < 1.29 is 65.7 Å². The molecular formula is C50H95N3O13. The summed E-state index contributed by atoms with van der Waals surface area (Å²) < 4.78 is 6.37. The number of nitrogens with zero attached hydrogens (tertiary/aromatic N) is 1. The zero-order valence-electron chi connectivity index (χ0n) is 41.3. The number of hydrogen-bond acceptors (Lipinski definition) is 14. The Labute approximate surface area is 396 Å². The molecule has 1 aliphatic heterocycles. The Morgan fingerprint density at radius 3 is 1.95 bits per heavy atom. The molecule has 0 saturated heterocycles. The van der Waals surface area contributed by atoms with Crippen molar-refractivity contribution in [1.82, 2.24) is 0 Å². The van der Waals surface area contributed by atoms with Crippen molar-refractivity contribution in [3.8, 4) is 0 Å². The summed E-state index contributed by atoms with van der Waals surface area (Å²) in [6, 6.07) is 0. The molecule has 16 nitrogen and oxygen atoms in total. The van der Waals surface area contributed by atoms with Gasteiger partial charge in [0.2, 0.25) is 0 Å². The fourth-order valence-corrected chi connectivity index (χ4v) is 9.11. The van der Waals surface area contributed by atoms with Gasteiger partial charge in [0.15, 0.2) is 5.96 Å². The van der Waals surface area contributed by atoms with Gasteiger partial charge in [-0.3, -0.25) is 9.79 Å². The number of guanidine groups is 1. The van der Waals surface area contributed by atoms with Crippen molar-refractivity contribution in [3.05, 3.63) is 23.3 Å². The molecule has 16 atom stereocenters. The van der Waals surface area contributed by atoms with Crippen LogP contribution < -0.4 is 11.5 Å². The maximum Gasteiger partial charge on any atom is 0.311 e. The minimum Gasteiger partial charge on any atom is -0.461 e. The van der Waals surface area contributed by atoms with Gasteiger partial charge in [-0.2, -0.15) is 0 Å². The fourth-order valence-electron chi connectivity index (χ4n) is 9.11. The maximum absolute atomic E-state index is 14.3. The molecule has 0 aromatic heterocycles. The number of aliphatic hydroxyl groups is 11. The summed E-state index contributed by atoms with van der Waals surface area (Å²) in [6.07, 6.45) is -0.457. The second-order valence-corrected chi connectivity index (χ2v) is 19.9. The lowest BCUT2D eigenvalue weighted by Gasteiger charge is -2.34. The van der Waals surface area contributed by atoms with Crippen molar-refractivity contribution in [2.24, 2.45) is 40.1 Å². The van der Waals surface area contributed by atoms with Gasteiger partial charge >= 0.3 is 5.97 Å². The van der Waals surface area contributed by atoms with Gasteiger partial charge in [-0.15, -0.1) is 0 Å². The van der Waals surface area contributed by atoms with Crippen LogP contribution in [0.25, 0.3) is 0 Å². The summed E-state index contributed by atoms with van der Waals surface area (Å²) in [5.41, 5.74) is 12.3. The molecule has 16 heteroatoms. The quantitative estimate of drug-likeness (QED) is 0.0461. The topological polar surface area (TPSA) is 313 Å². The number of cyclic esters (lactones) is 1. The summed E-state index contributed by atoms with van der Waals surface area (Å²) >= 11 is 0. The molecule has 66 heavy (non-hydrogen) atoms. The highest BCUT2D eigenvalue weighted by Crippen LogP contribution is 2.31. The predicted molar refractivity (Wildman–Crippen MR) is 258 cm³/mol. The van der Waals surface area contributed by atoms with E-state index in [0.717, 1.165) is 37.7 Å². The van der Waals surface area contributed by atoms with Gasteiger partial charge in [0.1, 0.15) is 6.10 Å². The highest BCUT2D eigenvalue weighted by Gasteiger charge is 2.37. The Kier molecular flexibility index (Phi) is 32.0. The molecule has 0 aromatic carbocycles. The molecule has 0 spiro atoms. The molecule has 0 radical (unpaired) electrons. The van der Waals surface area contributed by atoms with E-state index < -0.39 is 91.1 Å². The van der Waals surface area contributed by atoms with Crippen LogP contribution in [0, 0.1) is 23.7 Å². The number of carbonyl (C=O) groups excluding carboxylic acids is 1. The van der Waals surface area contributed by atoms with Crippen LogP contribution in [0.2, 0.25) is 0 Å². The first-order valence-electron chi connectivity index (χ1n) is 25.2. The third-order valence-electron chi connectivity index (χ3n) is 13.4. The van der Waals surface area contributed by atoms with E-state index in [0.29, 0.717) is 76.3 Å². The van der Waals surface area contributed by atoms with E-state index in [1.807, 2.05) is 33.8 Å². The number of hydrogen-bond donors (Lipinski definition) is 13. The smallest absolute Gasteiger partial charge is 0.311 e. The van der Waals surface area contributed by atoms with Gasteiger partial charge in [-0.05, 0) is 115 Å². The van der Waals surface area contributed by atoms with Crippen LogP contribution in [0.1, 0.15) is 176 Å². The standard InChI is InChI=1S/C50H95N3O13/c1-7-8-9-10-19-42-47(64)32(3)21-22-36(54)17-13-18-38(56)29-44(61)33(4)25-45(62)46(63)30-41(59)28-40(58)27-39(57)26-37(55)16-12-11-15-31(2)24-34(5)48(66-49(42)65)35(6)43(60)20-14-23-53-50(51)52/h24-25,32,34-48,54-64H,7-23,26-30H2,1-6H3,(H4,51,52,53). The number of nitrogens with two attached hydrogens (primary N) is 2. The molecule has 0 aromatic rings. The molecule has 1 heterocycles. The maximum atomic E-state index is 14.3. The minimum absolute atomic E-state index is 0.0235. The highest BCUT2D eigenvalue weighted by atomic mass is 16.5. The van der Waals surface area contributed by atoms with E-state index in [-0.39, 0.29) is 56.3 Å². The molecule has 1 aliphatic rings. The molecule has 1 rings (SSSR count). The third kappa shape index (κ3) is 26.5. The number of unbranched alkanes of at least 4 members (excludes halogenated alkanes) is 3. The summed E-state index contributed by atoms with van der Waals surface area (Å²) in [6.45, 7) is 11.6. The Morgan fingerprint density at radius 2 is 1.32 bits per heavy atom. The molecule has 15 N–H and O–H groups in total. The van der Waals surface area contributed by atoms with Gasteiger partial charge in [0.05, 0.1) is 73.1 Å². The van der Waals surface area contributed by atoms with Crippen LogP contribution in [0.3, 0.4) is 0 Å². The fraction of sp³-hybridized carbons (Fsp3) is 0.880. The first-order valence-corrected chi connectivity index (χ1v) is 25.2. The van der Waals surface area contributed by atoms with Crippen molar-refractivity contribution in [3.63, 3.8) is 0 Å². The van der Waals surface area contributed by atoms with E-state index in [9.17, 15) is 61.0 Å². The molecule has 0 fully saturated rings. The molecular weight excluding hydrogens is 851 g/mol. The SMILES string of the molecule is CCCCCCC1C(=O)OC(C(C)C(O)CCCN=C(N)N)C(C)C=C(C)CCCCC(O)CC(O)CC(O)CC(O)CC(O)C(O)C=C(C)C(O)CC(O)CCCC(O)CCC(C)C1O. The number of ether oxygens (including phenoxy) is 1. The normalized spacial score (nSPS) is 34.7. The zero-order chi connectivity index (χ0) is 49.9. The van der Waals surface area contributed by atoms with Crippen molar-refractivity contribution in [1.29, 1.82) is 0 Å². The van der Waals surface area contributed by atoms with Crippen LogP contribution in [0.4, 0.5) is 0 Å². The van der Waals surface area contributed by atoms with Gasteiger partial charge < -0.3 is 72.4 Å². The molecule has 0 amide bonds.